The maximum atomic E-state index is 12.3. The van der Waals surface area contributed by atoms with Gasteiger partial charge in [0.25, 0.3) is 5.91 Å². The third kappa shape index (κ3) is 5.50. The summed E-state index contributed by atoms with van der Waals surface area (Å²) < 4.78 is 0. The Morgan fingerprint density at radius 3 is 2.93 bits per heavy atom. The molecule has 7 nitrogen and oxygen atoms in total. The number of pyridine rings is 1. The SMILES string of the molecule is NCCNc1cc(C(=O)NCC(O)CN2CCc3ccccc3C2)ccn1. The van der Waals surface area contributed by atoms with Crippen molar-refractivity contribution in [3.63, 3.8) is 0 Å². The molecule has 1 aliphatic rings. The Morgan fingerprint density at radius 2 is 2.11 bits per heavy atom. The van der Waals surface area contributed by atoms with Crippen LogP contribution < -0.4 is 16.4 Å². The number of nitrogens with zero attached hydrogens (tertiary/aromatic N) is 2. The van der Waals surface area contributed by atoms with Crippen molar-refractivity contribution in [3.05, 3.63) is 59.3 Å². The molecule has 27 heavy (non-hydrogen) atoms. The number of benzene rings is 1. The van der Waals surface area contributed by atoms with E-state index in [2.05, 4.69) is 38.7 Å². The lowest BCUT2D eigenvalue weighted by atomic mass is 10.00. The first-order valence-electron chi connectivity index (χ1n) is 9.31. The number of carbonyl (C=O) groups is 1. The molecule has 2 aromatic rings. The van der Waals surface area contributed by atoms with Crippen LogP contribution in [0.4, 0.5) is 5.82 Å². The van der Waals surface area contributed by atoms with Gasteiger partial charge in [0.05, 0.1) is 6.10 Å². The van der Waals surface area contributed by atoms with Crippen LogP contribution in [0.1, 0.15) is 21.5 Å². The number of amides is 1. The number of nitrogens with one attached hydrogen (secondary N) is 2. The second kappa shape index (κ2) is 9.45. The van der Waals surface area contributed by atoms with E-state index in [9.17, 15) is 9.90 Å². The molecule has 0 radical (unpaired) electrons. The second-order valence-electron chi connectivity index (χ2n) is 6.76. The van der Waals surface area contributed by atoms with Gasteiger partial charge in [-0.2, -0.15) is 0 Å². The predicted octanol–water partition coefficient (Wildman–Crippen LogP) is 0.601. The van der Waals surface area contributed by atoms with Gasteiger partial charge in [-0.25, -0.2) is 4.98 Å². The number of rotatable bonds is 8. The fourth-order valence-corrected chi connectivity index (χ4v) is 3.25. The van der Waals surface area contributed by atoms with Crippen LogP contribution in [-0.2, 0) is 13.0 Å². The van der Waals surface area contributed by atoms with E-state index >= 15 is 0 Å². The number of fused-ring (bicyclic) bond motifs is 1. The van der Waals surface area contributed by atoms with E-state index in [4.69, 9.17) is 5.73 Å². The third-order valence-corrected chi connectivity index (χ3v) is 4.65. The highest BCUT2D eigenvalue weighted by atomic mass is 16.3. The second-order valence-corrected chi connectivity index (χ2v) is 6.76. The minimum atomic E-state index is -0.615. The zero-order valence-corrected chi connectivity index (χ0v) is 15.4. The van der Waals surface area contributed by atoms with Crippen molar-refractivity contribution in [3.8, 4) is 0 Å². The maximum absolute atomic E-state index is 12.3. The Hall–Kier alpha value is -2.48. The van der Waals surface area contributed by atoms with Gasteiger partial charge in [0.1, 0.15) is 5.82 Å². The molecule has 1 atom stereocenters. The normalized spacial score (nSPS) is 15.0. The van der Waals surface area contributed by atoms with Crippen LogP contribution in [0.25, 0.3) is 0 Å². The summed E-state index contributed by atoms with van der Waals surface area (Å²) in [5, 5.41) is 16.2. The summed E-state index contributed by atoms with van der Waals surface area (Å²) in [5.41, 5.74) is 8.66. The highest BCUT2D eigenvalue weighted by molar-refractivity contribution is 5.94. The van der Waals surface area contributed by atoms with Crippen LogP contribution in [0.3, 0.4) is 0 Å². The fourth-order valence-electron chi connectivity index (χ4n) is 3.25. The lowest BCUT2D eigenvalue weighted by molar-refractivity contribution is 0.0842. The zero-order valence-electron chi connectivity index (χ0n) is 15.4. The molecule has 5 N–H and O–H groups in total. The average Bonchev–Trinajstić information content (AvgIpc) is 2.70. The molecule has 0 aliphatic carbocycles. The quantitative estimate of drug-likeness (QED) is 0.543. The molecule has 1 aromatic carbocycles. The van der Waals surface area contributed by atoms with Crippen molar-refractivity contribution in [2.75, 3.05) is 38.0 Å². The first-order valence-corrected chi connectivity index (χ1v) is 9.31. The van der Waals surface area contributed by atoms with E-state index in [1.165, 1.54) is 11.1 Å². The summed E-state index contributed by atoms with van der Waals surface area (Å²) in [6.07, 6.45) is 1.95. The third-order valence-electron chi connectivity index (χ3n) is 4.65. The monoisotopic (exact) mass is 369 g/mol. The Balaban J connectivity index is 1.46. The lowest BCUT2D eigenvalue weighted by Gasteiger charge is -2.30. The van der Waals surface area contributed by atoms with Gasteiger partial charge in [-0.3, -0.25) is 9.69 Å². The number of hydrogen-bond donors (Lipinski definition) is 4. The lowest BCUT2D eigenvalue weighted by Crippen LogP contribution is -2.42. The Kier molecular flexibility index (Phi) is 6.75. The molecule has 1 aromatic heterocycles. The first kappa shape index (κ1) is 19.3. The predicted molar refractivity (Wildman–Crippen MR) is 106 cm³/mol. The van der Waals surface area contributed by atoms with Crippen LogP contribution in [0.5, 0.6) is 0 Å². The number of carbonyl (C=O) groups excluding carboxylic acids is 1. The van der Waals surface area contributed by atoms with Crippen molar-refractivity contribution in [2.45, 2.75) is 19.1 Å². The molecular formula is C20H27N5O2. The van der Waals surface area contributed by atoms with E-state index < -0.39 is 6.10 Å². The number of hydrogen-bond acceptors (Lipinski definition) is 6. The summed E-state index contributed by atoms with van der Waals surface area (Å²) in [4.78, 5) is 18.7. The summed E-state index contributed by atoms with van der Waals surface area (Å²) in [5.74, 6) is 0.386. The van der Waals surface area contributed by atoms with Gasteiger partial charge in [-0.05, 0) is 29.7 Å². The number of aromatic nitrogens is 1. The van der Waals surface area contributed by atoms with Gasteiger partial charge in [0.15, 0.2) is 0 Å². The molecule has 0 saturated heterocycles. The molecular weight excluding hydrogens is 342 g/mol. The number of β-amino-alcohol motifs (C(OH)–C–C–N with tert-alkyl or cyclic N) is 1. The standard InChI is InChI=1S/C20H27N5O2/c21-7-9-23-19-11-16(5-8-22-19)20(27)24-12-18(26)14-25-10-6-15-3-1-2-4-17(15)13-25/h1-5,8,11,18,26H,6-7,9-10,12-14,21H2,(H,22,23)(H,24,27). The molecule has 0 fully saturated rings. The maximum Gasteiger partial charge on any atom is 0.251 e. The molecule has 0 bridgehead atoms. The molecule has 1 aliphatic heterocycles. The van der Waals surface area contributed by atoms with E-state index in [1.807, 2.05) is 6.07 Å². The van der Waals surface area contributed by atoms with Gasteiger partial charge in [-0.15, -0.1) is 0 Å². The van der Waals surface area contributed by atoms with Crippen molar-refractivity contribution in [2.24, 2.45) is 5.73 Å². The highest BCUT2D eigenvalue weighted by Crippen LogP contribution is 2.18. The van der Waals surface area contributed by atoms with Crippen molar-refractivity contribution in [1.82, 2.24) is 15.2 Å². The molecule has 2 heterocycles. The molecule has 0 spiro atoms. The van der Waals surface area contributed by atoms with Crippen LogP contribution in [0, 0.1) is 0 Å². The van der Waals surface area contributed by atoms with Gasteiger partial charge in [0, 0.05) is 51.0 Å². The fraction of sp³-hybridized carbons (Fsp3) is 0.400. The average molecular weight is 369 g/mol. The van der Waals surface area contributed by atoms with Gasteiger partial charge >= 0.3 is 0 Å². The van der Waals surface area contributed by atoms with Gasteiger partial charge in [0.2, 0.25) is 0 Å². The Bertz CT molecular complexity index is 768. The van der Waals surface area contributed by atoms with Crippen molar-refractivity contribution in [1.29, 1.82) is 0 Å². The number of aliphatic hydroxyl groups is 1. The van der Waals surface area contributed by atoms with Gasteiger partial charge in [-0.1, -0.05) is 24.3 Å². The van der Waals surface area contributed by atoms with E-state index in [0.717, 1.165) is 19.5 Å². The van der Waals surface area contributed by atoms with E-state index in [1.54, 1.807) is 18.3 Å². The van der Waals surface area contributed by atoms with E-state index in [0.29, 0.717) is 31.0 Å². The van der Waals surface area contributed by atoms with Gasteiger partial charge < -0.3 is 21.5 Å². The number of nitrogens with two attached hydrogens (primary N) is 1. The summed E-state index contributed by atoms with van der Waals surface area (Å²) in [7, 11) is 0. The van der Waals surface area contributed by atoms with Crippen LogP contribution in [0.2, 0.25) is 0 Å². The Labute approximate surface area is 159 Å². The van der Waals surface area contributed by atoms with Crippen molar-refractivity contribution >= 4 is 11.7 Å². The molecule has 1 amide bonds. The summed E-state index contributed by atoms with van der Waals surface area (Å²) in [6.45, 7) is 3.59. The molecule has 144 valence electrons. The zero-order chi connectivity index (χ0) is 19.1. The smallest absolute Gasteiger partial charge is 0.251 e. The largest absolute Gasteiger partial charge is 0.390 e. The highest BCUT2D eigenvalue weighted by Gasteiger charge is 2.19. The van der Waals surface area contributed by atoms with Crippen LogP contribution in [-0.4, -0.2) is 59.7 Å². The van der Waals surface area contributed by atoms with Crippen LogP contribution in [0.15, 0.2) is 42.6 Å². The summed E-state index contributed by atoms with van der Waals surface area (Å²) in [6, 6.07) is 11.7. The molecule has 3 rings (SSSR count). The first-order chi connectivity index (χ1) is 13.2. The number of anilines is 1. The molecule has 7 heteroatoms. The Morgan fingerprint density at radius 1 is 1.30 bits per heavy atom. The number of aliphatic hydroxyl groups excluding tert-OH is 1. The summed E-state index contributed by atoms with van der Waals surface area (Å²) >= 11 is 0. The minimum absolute atomic E-state index is 0.213. The van der Waals surface area contributed by atoms with Crippen LogP contribution >= 0.6 is 0 Å². The molecule has 0 saturated carbocycles. The molecule has 1 unspecified atom stereocenters. The topological polar surface area (TPSA) is 104 Å². The van der Waals surface area contributed by atoms with E-state index in [-0.39, 0.29) is 12.5 Å². The van der Waals surface area contributed by atoms with Crippen molar-refractivity contribution < 1.29 is 9.90 Å². The minimum Gasteiger partial charge on any atom is -0.390 e.